The first-order valence-electron chi connectivity index (χ1n) is 43.0. The van der Waals surface area contributed by atoms with Crippen molar-refractivity contribution >= 4 is 121 Å². The molecule has 0 amide bonds. The van der Waals surface area contributed by atoms with E-state index in [-0.39, 0.29) is 0 Å². The van der Waals surface area contributed by atoms with Gasteiger partial charge in [0.05, 0.1) is 71.9 Å². The molecule has 26 rings (SSSR count). The monoisotopic (exact) mass is 1650 g/mol. The molecule has 0 saturated carbocycles. The Bertz CT molecular complexity index is 8690. The van der Waals surface area contributed by atoms with E-state index in [0.29, 0.717) is 17.5 Å². The second-order valence-electron chi connectivity index (χ2n) is 32.0. The number of hydrogen-bond donors (Lipinski definition) is 0. The van der Waals surface area contributed by atoms with Gasteiger partial charge in [-0.1, -0.05) is 334 Å². The molecule has 0 aliphatic rings. The Balaban J connectivity index is 0.000000108. The molecule has 0 radical (unpaired) electrons. The molecule has 0 spiro atoms. The van der Waals surface area contributed by atoms with Crippen molar-refractivity contribution < 1.29 is 13.3 Å². The van der Waals surface area contributed by atoms with E-state index in [9.17, 15) is 0 Å². The van der Waals surface area contributed by atoms with Gasteiger partial charge in [0.25, 0.3) is 0 Å². The van der Waals surface area contributed by atoms with Gasteiger partial charge in [0, 0.05) is 88.2 Å². The van der Waals surface area contributed by atoms with Crippen LogP contribution in [-0.2, 0) is 0 Å². The van der Waals surface area contributed by atoms with E-state index in [4.69, 9.17) is 53.1 Å². The molecular weight excluding hydrogens is 1580 g/mol. The molecule has 9 heterocycles. The first-order chi connectivity index (χ1) is 63.9. The van der Waals surface area contributed by atoms with Gasteiger partial charge in [0.2, 0.25) is 0 Å². The average Bonchev–Trinajstić information content (AvgIpc) is 1.64. The van der Waals surface area contributed by atoms with E-state index >= 15 is 0 Å². The lowest BCUT2D eigenvalue weighted by Crippen LogP contribution is -2.00. The van der Waals surface area contributed by atoms with E-state index in [2.05, 4.69) is 264 Å². The molecule has 0 bridgehead atoms. The van der Waals surface area contributed by atoms with Crippen LogP contribution in [0.5, 0.6) is 0 Å². The van der Waals surface area contributed by atoms with Crippen LogP contribution in [0.25, 0.3) is 245 Å². The molecule has 0 aliphatic heterocycles. The van der Waals surface area contributed by atoms with Gasteiger partial charge in [-0.2, -0.15) is 0 Å². The predicted octanol–water partition coefficient (Wildman–Crippen LogP) is 29.9. The summed E-state index contributed by atoms with van der Waals surface area (Å²) in [6, 6.07) is 149. The minimum Gasteiger partial charge on any atom is -0.455 e. The first kappa shape index (κ1) is 75.1. The fourth-order valence-corrected chi connectivity index (χ4v) is 18.0. The van der Waals surface area contributed by atoms with Crippen LogP contribution >= 0.6 is 0 Å². The predicted molar refractivity (Wildman–Crippen MR) is 524 cm³/mol. The highest BCUT2D eigenvalue weighted by atomic mass is 16.3. The number of furan rings is 3. The van der Waals surface area contributed by atoms with Gasteiger partial charge in [0.1, 0.15) is 45.1 Å². The quantitative estimate of drug-likeness (QED) is 0.115. The summed E-state index contributed by atoms with van der Waals surface area (Å²) < 4.78 is 23.6. The average molecular weight is 1650 g/mol. The Morgan fingerprint density at radius 3 is 0.760 bits per heavy atom. The van der Waals surface area contributed by atoms with Crippen LogP contribution in [0, 0.1) is 0 Å². The van der Waals surface area contributed by atoms with Gasteiger partial charge in [-0.25, -0.2) is 39.9 Å². The molecular formula is C116H72N10O3. The van der Waals surface area contributed by atoms with Gasteiger partial charge < -0.3 is 13.3 Å². The normalized spacial score (nSPS) is 11.6. The van der Waals surface area contributed by atoms with Crippen LogP contribution in [0.15, 0.2) is 450 Å². The Morgan fingerprint density at radius 2 is 0.403 bits per heavy atom. The van der Waals surface area contributed by atoms with Crippen molar-refractivity contribution in [1.29, 1.82) is 0 Å². The van der Waals surface area contributed by atoms with Crippen LogP contribution in [0.2, 0.25) is 0 Å². The van der Waals surface area contributed by atoms with Gasteiger partial charge in [-0.3, -0.25) is 9.13 Å². The van der Waals surface area contributed by atoms with Crippen LogP contribution in [0.1, 0.15) is 0 Å². The number of pyridine rings is 3. The Labute approximate surface area is 739 Å². The van der Waals surface area contributed by atoms with E-state index in [0.717, 1.165) is 227 Å². The van der Waals surface area contributed by atoms with Crippen molar-refractivity contribution in [3.05, 3.63) is 437 Å². The molecule has 13 heteroatoms. The smallest absolute Gasteiger partial charge is 0.164 e. The molecule has 0 atom stereocenters. The zero-order valence-electron chi connectivity index (χ0n) is 69.3. The van der Waals surface area contributed by atoms with Crippen molar-refractivity contribution in [3.63, 3.8) is 0 Å². The Kier molecular flexibility index (Phi) is 18.6. The number of fused-ring (bicyclic) bond motifs is 17. The highest BCUT2D eigenvalue weighted by molar-refractivity contribution is 6.22. The summed E-state index contributed by atoms with van der Waals surface area (Å²) in [6.45, 7) is 0. The van der Waals surface area contributed by atoms with E-state index < -0.39 is 0 Å². The molecule has 9 aromatic heterocycles. The lowest BCUT2D eigenvalue weighted by molar-refractivity contribution is 0.672. The number of hydrogen-bond acceptors (Lipinski definition) is 11. The molecule has 26 aromatic rings. The standard InChI is InChI=1S/2C40H25N3O.C36H22N4O/c1-2-10-30(11-3-1)43-35-16-8-7-15-34(35)42-40(43)29-24-20-27(21-25-29)26-18-22-28(23-19-26)38-37-32-13-5-9-17-36(32)44-39(37)31-12-4-6-14-33(31)41-38;1-2-10-29(11-3-1)40-42-34-15-7-8-16-35(34)43(40)30-24-22-27(23-25-30)26-18-20-28(21-19-26)38-37-32-13-5-9-17-36(32)44-39(37)31-12-4-6-14-33(31)41-38;1-3-11-24(12-4-1)34-38-35(25-13-5-2-6-14-25)40-36(39-34)26-21-19-23(20-22-26)32-31-28-16-8-10-18-30(28)41-33(31)27-15-7-9-17-29(27)37-32/h2*1-25H;1-22H. The van der Waals surface area contributed by atoms with E-state index in [1.165, 1.54) is 0 Å². The van der Waals surface area contributed by atoms with Crippen molar-refractivity contribution in [1.82, 2.24) is 49.0 Å². The largest absolute Gasteiger partial charge is 0.455 e. The van der Waals surface area contributed by atoms with Crippen molar-refractivity contribution in [2.45, 2.75) is 0 Å². The number of para-hydroxylation sites is 11. The molecule has 0 N–H and O–H groups in total. The highest BCUT2D eigenvalue weighted by Crippen LogP contribution is 2.45. The molecule has 0 fully saturated rings. The molecule has 17 aromatic carbocycles. The summed E-state index contributed by atoms with van der Waals surface area (Å²) >= 11 is 0. The van der Waals surface area contributed by atoms with Gasteiger partial charge in [-0.15, -0.1) is 0 Å². The fraction of sp³-hybridized carbons (Fsp3) is 0. The zero-order valence-corrected chi connectivity index (χ0v) is 69.3. The van der Waals surface area contributed by atoms with Crippen molar-refractivity contribution in [2.24, 2.45) is 0 Å². The fourth-order valence-electron chi connectivity index (χ4n) is 18.0. The molecule has 604 valence electrons. The molecule has 129 heavy (non-hydrogen) atoms. The maximum absolute atomic E-state index is 6.38. The molecule has 0 aliphatic carbocycles. The van der Waals surface area contributed by atoms with Crippen LogP contribution in [0.3, 0.4) is 0 Å². The maximum Gasteiger partial charge on any atom is 0.164 e. The lowest BCUT2D eigenvalue weighted by atomic mass is 9.99. The minimum absolute atomic E-state index is 0.620. The van der Waals surface area contributed by atoms with Gasteiger partial charge in [-0.05, 0) is 125 Å². The van der Waals surface area contributed by atoms with Crippen LogP contribution < -0.4 is 0 Å². The zero-order chi connectivity index (χ0) is 85.2. The number of nitrogens with zero attached hydrogens (tertiary/aromatic N) is 10. The summed E-state index contributed by atoms with van der Waals surface area (Å²) in [7, 11) is 0. The highest BCUT2D eigenvalue weighted by Gasteiger charge is 2.24. The first-order valence-corrected chi connectivity index (χ1v) is 43.0. The summed E-state index contributed by atoms with van der Waals surface area (Å²) in [5.41, 5.74) is 29.7. The van der Waals surface area contributed by atoms with Crippen LogP contribution in [0.4, 0.5) is 0 Å². The summed E-state index contributed by atoms with van der Waals surface area (Å²) in [6.07, 6.45) is 0. The van der Waals surface area contributed by atoms with Crippen molar-refractivity contribution in [3.8, 4) is 124 Å². The summed E-state index contributed by atoms with van der Waals surface area (Å²) in [5.74, 6) is 3.76. The molecule has 0 saturated heterocycles. The third kappa shape index (κ3) is 13.6. The van der Waals surface area contributed by atoms with E-state index in [1.54, 1.807) is 0 Å². The second-order valence-corrected chi connectivity index (χ2v) is 32.0. The maximum atomic E-state index is 6.38. The SMILES string of the molecule is c1ccc(-c2nc(-c3ccccc3)nc(-c3ccc(-c4nc5ccccc5c5oc6ccccc6c45)cc3)n2)cc1.c1ccc(-c2nc3ccccc3n2-c2ccc(-c3ccc(-c4nc5ccccc5c5oc6ccccc6c45)cc3)cc2)cc1.c1ccc(-n2c(-c3ccc(-c4ccc(-c5nc6ccccc6c6oc7ccccc7c56)cc4)cc3)nc3ccccc32)cc1. The van der Waals surface area contributed by atoms with Crippen molar-refractivity contribution in [2.75, 3.05) is 0 Å². The van der Waals surface area contributed by atoms with Gasteiger partial charge >= 0.3 is 0 Å². The van der Waals surface area contributed by atoms with Crippen LogP contribution in [-0.4, -0.2) is 49.0 Å². The lowest BCUT2D eigenvalue weighted by Gasteiger charge is -2.11. The molecule has 13 nitrogen and oxygen atoms in total. The minimum atomic E-state index is 0.620. The topological polar surface area (TPSA) is 152 Å². The number of rotatable bonds is 12. The van der Waals surface area contributed by atoms with Gasteiger partial charge in [0.15, 0.2) is 17.5 Å². The number of imidazole rings is 2. The summed E-state index contributed by atoms with van der Waals surface area (Å²) in [4.78, 5) is 39.9. The third-order valence-electron chi connectivity index (χ3n) is 24.2. The molecule has 0 unspecified atom stereocenters. The van der Waals surface area contributed by atoms with E-state index in [1.807, 2.05) is 182 Å². The third-order valence-corrected chi connectivity index (χ3v) is 24.2. The second kappa shape index (κ2) is 31.9. The number of aromatic nitrogens is 10. The summed E-state index contributed by atoms with van der Waals surface area (Å²) in [5, 5.41) is 9.40. The Morgan fingerprint density at radius 1 is 0.163 bits per heavy atom. The Hall–Kier alpha value is -17.7. The number of benzene rings is 17.